The number of hydrogen-bond acceptors (Lipinski definition) is 4. The quantitative estimate of drug-likeness (QED) is 0.439. The number of nitrogens with zero attached hydrogens (tertiary/aromatic N) is 2. The second-order valence-electron chi connectivity index (χ2n) is 9.12. The summed E-state index contributed by atoms with van der Waals surface area (Å²) in [5.74, 6) is 1.21. The molecule has 176 valence electrons. The van der Waals surface area contributed by atoms with E-state index >= 15 is 0 Å². The molecule has 2 amide bonds. The number of thiophene rings is 1. The van der Waals surface area contributed by atoms with E-state index in [9.17, 15) is 4.79 Å². The molecule has 0 saturated carbocycles. The molecule has 0 fully saturated rings. The smallest absolute Gasteiger partial charge is 0.319 e. The number of anilines is 1. The van der Waals surface area contributed by atoms with Crippen LogP contribution < -0.4 is 15.4 Å². The van der Waals surface area contributed by atoms with Gasteiger partial charge in [-0.3, -0.25) is 0 Å². The van der Waals surface area contributed by atoms with Crippen molar-refractivity contribution in [1.29, 1.82) is 0 Å². The molecule has 0 radical (unpaired) electrons. The minimum Gasteiger partial charge on any atom is -0.495 e. The SMILES string of the molecule is COc1ccccc1NC(=O)NC(CCC(C)C)c1c(-n2cccc2)sc2c1CCN(C)C2. The van der Waals surface area contributed by atoms with Gasteiger partial charge in [0.15, 0.2) is 0 Å². The summed E-state index contributed by atoms with van der Waals surface area (Å²) in [5.41, 5.74) is 3.35. The number of carbonyl (C=O) groups excluding carboxylic acids is 1. The van der Waals surface area contributed by atoms with Crippen molar-refractivity contribution in [3.63, 3.8) is 0 Å². The van der Waals surface area contributed by atoms with Gasteiger partial charge >= 0.3 is 6.03 Å². The number of fused-ring (bicyclic) bond motifs is 1. The predicted octanol–water partition coefficient (Wildman–Crippen LogP) is 5.83. The van der Waals surface area contributed by atoms with E-state index in [0.29, 0.717) is 17.4 Å². The first-order valence-electron chi connectivity index (χ1n) is 11.6. The highest BCUT2D eigenvalue weighted by atomic mass is 32.1. The molecule has 1 unspecified atom stereocenters. The third kappa shape index (κ3) is 5.42. The van der Waals surface area contributed by atoms with Crippen LogP contribution in [0.2, 0.25) is 0 Å². The Bertz CT molecular complexity index is 1070. The molecule has 0 bridgehead atoms. The Hall–Kier alpha value is -2.77. The average Bonchev–Trinajstić information content (AvgIpc) is 3.44. The molecule has 1 aromatic carbocycles. The topological polar surface area (TPSA) is 58.5 Å². The zero-order valence-electron chi connectivity index (χ0n) is 19.9. The van der Waals surface area contributed by atoms with Gasteiger partial charge in [0.2, 0.25) is 0 Å². The summed E-state index contributed by atoms with van der Waals surface area (Å²) in [5, 5.41) is 7.52. The molecule has 2 N–H and O–H groups in total. The van der Waals surface area contributed by atoms with Gasteiger partial charge < -0.3 is 24.8 Å². The van der Waals surface area contributed by atoms with Crippen LogP contribution in [0.4, 0.5) is 10.5 Å². The molecule has 1 atom stereocenters. The summed E-state index contributed by atoms with van der Waals surface area (Å²) in [6.07, 6.45) is 7.13. The van der Waals surface area contributed by atoms with E-state index in [2.05, 4.69) is 65.5 Å². The summed E-state index contributed by atoms with van der Waals surface area (Å²) in [6.45, 7) is 6.46. The molecule has 3 aromatic rings. The van der Waals surface area contributed by atoms with Crippen LogP contribution in [0.15, 0.2) is 48.8 Å². The van der Waals surface area contributed by atoms with Gasteiger partial charge in [0, 0.05) is 35.9 Å². The van der Waals surface area contributed by atoms with Crippen molar-refractivity contribution < 1.29 is 9.53 Å². The van der Waals surface area contributed by atoms with Crippen LogP contribution >= 0.6 is 11.3 Å². The van der Waals surface area contributed by atoms with Gasteiger partial charge in [0.25, 0.3) is 0 Å². The monoisotopic (exact) mass is 466 g/mol. The van der Waals surface area contributed by atoms with Crippen LogP contribution in [0.3, 0.4) is 0 Å². The maximum absolute atomic E-state index is 13.2. The van der Waals surface area contributed by atoms with E-state index in [0.717, 1.165) is 32.4 Å². The first-order chi connectivity index (χ1) is 16.0. The van der Waals surface area contributed by atoms with Crippen LogP contribution in [0.5, 0.6) is 5.75 Å². The van der Waals surface area contributed by atoms with Gasteiger partial charge in [0.05, 0.1) is 18.8 Å². The third-order valence-electron chi connectivity index (χ3n) is 6.15. The fraction of sp³-hybridized carbons (Fsp3) is 0.423. The Balaban J connectivity index is 1.67. The highest BCUT2D eigenvalue weighted by molar-refractivity contribution is 7.15. The van der Waals surface area contributed by atoms with Crippen LogP contribution in [-0.4, -0.2) is 36.2 Å². The van der Waals surface area contributed by atoms with Crippen LogP contribution in [0, 0.1) is 5.92 Å². The molecule has 7 heteroatoms. The third-order valence-corrected chi connectivity index (χ3v) is 7.40. The van der Waals surface area contributed by atoms with Crippen molar-refractivity contribution >= 4 is 23.1 Å². The number of benzene rings is 1. The number of carbonyl (C=O) groups is 1. The summed E-state index contributed by atoms with van der Waals surface area (Å²) in [6, 6.07) is 11.3. The molecule has 3 heterocycles. The predicted molar refractivity (Wildman–Crippen MR) is 136 cm³/mol. The zero-order chi connectivity index (χ0) is 23.4. The number of methoxy groups -OCH3 is 1. The second kappa shape index (κ2) is 10.4. The number of urea groups is 1. The minimum atomic E-state index is -0.209. The average molecular weight is 467 g/mol. The summed E-state index contributed by atoms with van der Waals surface area (Å²) in [4.78, 5) is 16.9. The maximum atomic E-state index is 13.2. The molecule has 6 nitrogen and oxygen atoms in total. The standard InChI is InChI=1S/C26H34N4O2S/c1-18(2)11-12-21(28-26(31)27-20-9-5-6-10-22(20)32-4)24-19-13-16-29(3)17-23(19)33-25(24)30-14-7-8-15-30/h5-10,14-15,18,21H,11-13,16-17H2,1-4H3,(H2,27,28,31). The van der Waals surface area contributed by atoms with Gasteiger partial charge in [-0.1, -0.05) is 26.0 Å². The molecule has 33 heavy (non-hydrogen) atoms. The van der Waals surface area contributed by atoms with Crippen LogP contribution in [0.1, 0.15) is 48.7 Å². The highest BCUT2D eigenvalue weighted by Crippen LogP contribution is 2.40. The molecule has 0 saturated heterocycles. The van der Waals surface area contributed by atoms with Crippen molar-refractivity contribution in [3.8, 4) is 10.8 Å². The first-order valence-corrected chi connectivity index (χ1v) is 12.4. The van der Waals surface area contributed by atoms with E-state index in [1.165, 1.54) is 21.0 Å². The number of rotatable bonds is 8. The molecule has 0 spiro atoms. The number of para-hydroxylation sites is 2. The number of aromatic nitrogens is 1. The van der Waals surface area contributed by atoms with Crippen LogP contribution in [0.25, 0.3) is 5.00 Å². The summed E-state index contributed by atoms with van der Waals surface area (Å²) < 4.78 is 7.60. The molecular formula is C26H34N4O2S. The number of hydrogen-bond donors (Lipinski definition) is 2. The Kier molecular flexibility index (Phi) is 7.40. The zero-order valence-corrected chi connectivity index (χ0v) is 20.7. The van der Waals surface area contributed by atoms with E-state index in [4.69, 9.17) is 4.74 Å². The highest BCUT2D eigenvalue weighted by Gasteiger charge is 2.29. The largest absolute Gasteiger partial charge is 0.495 e. The second-order valence-corrected chi connectivity index (χ2v) is 10.2. The van der Waals surface area contributed by atoms with Crippen molar-refractivity contribution in [2.75, 3.05) is 26.0 Å². The molecule has 0 aliphatic carbocycles. The van der Waals surface area contributed by atoms with Gasteiger partial charge in [-0.2, -0.15) is 0 Å². The number of nitrogens with one attached hydrogen (secondary N) is 2. The van der Waals surface area contributed by atoms with E-state index in [-0.39, 0.29) is 12.1 Å². The normalized spacial score (nSPS) is 14.7. The van der Waals surface area contributed by atoms with E-state index in [1.54, 1.807) is 7.11 Å². The maximum Gasteiger partial charge on any atom is 0.319 e. The fourth-order valence-corrected chi connectivity index (χ4v) is 5.87. The molecular weight excluding hydrogens is 432 g/mol. The van der Waals surface area contributed by atoms with Gasteiger partial charge in [-0.25, -0.2) is 4.79 Å². The van der Waals surface area contributed by atoms with E-state index in [1.807, 2.05) is 35.6 Å². The van der Waals surface area contributed by atoms with Crippen molar-refractivity contribution in [3.05, 3.63) is 64.8 Å². The number of ether oxygens (including phenoxy) is 1. The Morgan fingerprint density at radius 1 is 1.15 bits per heavy atom. The molecule has 1 aliphatic heterocycles. The first kappa shape index (κ1) is 23.4. The lowest BCUT2D eigenvalue weighted by Crippen LogP contribution is -2.34. The lowest BCUT2D eigenvalue weighted by Gasteiger charge is -2.26. The van der Waals surface area contributed by atoms with Gasteiger partial charge in [-0.05, 0) is 62.1 Å². The molecule has 4 rings (SSSR count). The summed E-state index contributed by atoms with van der Waals surface area (Å²) >= 11 is 1.85. The van der Waals surface area contributed by atoms with Crippen molar-refractivity contribution in [1.82, 2.24) is 14.8 Å². The van der Waals surface area contributed by atoms with Gasteiger partial charge in [0.1, 0.15) is 10.8 Å². The summed E-state index contributed by atoms with van der Waals surface area (Å²) in [7, 11) is 3.79. The molecule has 1 aliphatic rings. The van der Waals surface area contributed by atoms with Gasteiger partial charge in [-0.15, -0.1) is 11.3 Å². The lowest BCUT2D eigenvalue weighted by molar-refractivity contribution is 0.247. The molecule has 2 aromatic heterocycles. The lowest BCUT2D eigenvalue weighted by atomic mass is 9.92. The van der Waals surface area contributed by atoms with Crippen molar-refractivity contribution in [2.24, 2.45) is 5.92 Å². The number of amides is 2. The Morgan fingerprint density at radius 2 is 1.91 bits per heavy atom. The fourth-order valence-electron chi connectivity index (χ4n) is 4.42. The minimum absolute atomic E-state index is 0.0667. The number of likely N-dealkylation sites (N-methyl/N-ethyl adjacent to an activating group) is 1. The van der Waals surface area contributed by atoms with E-state index < -0.39 is 0 Å². The van der Waals surface area contributed by atoms with Crippen LogP contribution in [-0.2, 0) is 13.0 Å². The Morgan fingerprint density at radius 3 is 2.64 bits per heavy atom. The van der Waals surface area contributed by atoms with Crippen molar-refractivity contribution in [2.45, 2.75) is 45.7 Å². The Labute approximate surface area is 200 Å².